The Balaban J connectivity index is 1.09. The molecule has 2 aromatic carbocycles. The number of amides is 1. The van der Waals surface area contributed by atoms with E-state index < -0.39 is 0 Å². The summed E-state index contributed by atoms with van der Waals surface area (Å²) >= 11 is 12.2. The number of nitrogens with one attached hydrogen (secondary N) is 1. The van der Waals surface area contributed by atoms with Crippen LogP contribution < -0.4 is 10.1 Å². The lowest BCUT2D eigenvalue weighted by Gasteiger charge is -2.56. The molecular weight excluding hydrogens is 469 g/mol. The quantitative estimate of drug-likeness (QED) is 0.402. The van der Waals surface area contributed by atoms with Crippen LogP contribution in [0.3, 0.4) is 0 Å². The average molecular weight is 496 g/mol. The molecule has 4 saturated carbocycles. The van der Waals surface area contributed by atoms with Crippen molar-refractivity contribution in [2.24, 2.45) is 17.8 Å². The second kappa shape index (κ2) is 8.62. The summed E-state index contributed by atoms with van der Waals surface area (Å²) in [6, 6.07) is 14.4. The maximum atomic E-state index is 12.8. The van der Waals surface area contributed by atoms with E-state index in [9.17, 15) is 4.79 Å². The first-order valence-corrected chi connectivity index (χ1v) is 12.8. The van der Waals surface area contributed by atoms with E-state index in [0.29, 0.717) is 33.8 Å². The molecule has 0 saturated heterocycles. The standard InChI is InChI=1S/C27H27Cl2N3O2/c28-22-5-6-23(29)24(12-22)34-16-17-1-3-21(4-2-17)26(33)30-25-7-8-32(31-25)27-13-18-9-19(14-27)11-20(10-18)15-27/h1-8,12,18-20H,9-11,13-16H2,(H,30,31,33). The molecular formula is C27H27Cl2N3O2. The fraction of sp³-hybridized carbons (Fsp3) is 0.407. The summed E-state index contributed by atoms with van der Waals surface area (Å²) in [5.74, 6) is 3.54. The van der Waals surface area contributed by atoms with E-state index in [-0.39, 0.29) is 11.4 Å². The summed E-state index contributed by atoms with van der Waals surface area (Å²) in [6.07, 6.45) is 9.96. The third-order valence-corrected chi connectivity index (χ3v) is 8.37. The van der Waals surface area contributed by atoms with E-state index in [1.165, 1.54) is 38.5 Å². The van der Waals surface area contributed by atoms with Crippen LogP contribution in [0.15, 0.2) is 54.7 Å². The second-order valence-corrected chi connectivity index (χ2v) is 11.1. The van der Waals surface area contributed by atoms with Crippen LogP contribution in [-0.4, -0.2) is 15.7 Å². The van der Waals surface area contributed by atoms with E-state index in [1.54, 1.807) is 30.3 Å². The minimum absolute atomic E-state index is 0.158. The average Bonchev–Trinajstić information content (AvgIpc) is 3.28. The van der Waals surface area contributed by atoms with Crippen molar-refractivity contribution in [2.75, 3.05) is 5.32 Å². The molecule has 7 rings (SSSR count). The van der Waals surface area contributed by atoms with E-state index >= 15 is 0 Å². The van der Waals surface area contributed by atoms with Gasteiger partial charge in [0.25, 0.3) is 5.91 Å². The van der Waals surface area contributed by atoms with Crippen LogP contribution in [0.1, 0.15) is 54.4 Å². The zero-order valence-corrected chi connectivity index (χ0v) is 20.4. The Kier molecular flexibility index (Phi) is 5.57. The Labute approximate surface area is 209 Å². The molecule has 176 valence electrons. The lowest BCUT2D eigenvalue weighted by atomic mass is 9.53. The van der Waals surface area contributed by atoms with Crippen molar-refractivity contribution in [3.05, 3.63) is 75.9 Å². The minimum Gasteiger partial charge on any atom is -0.487 e. The third-order valence-electron chi connectivity index (χ3n) is 7.83. The van der Waals surface area contributed by atoms with Gasteiger partial charge in [-0.2, -0.15) is 5.10 Å². The highest BCUT2D eigenvalue weighted by atomic mass is 35.5. The van der Waals surface area contributed by atoms with Crippen LogP contribution in [0.4, 0.5) is 5.82 Å². The van der Waals surface area contributed by atoms with Crippen LogP contribution >= 0.6 is 23.2 Å². The fourth-order valence-electron chi connectivity index (χ4n) is 6.69. The number of halogens is 2. The van der Waals surface area contributed by atoms with Gasteiger partial charge in [-0.1, -0.05) is 35.3 Å². The molecule has 1 amide bonds. The molecule has 34 heavy (non-hydrogen) atoms. The predicted octanol–water partition coefficient (Wildman–Crippen LogP) is 6.95. The molecule has 3 aromatic rings. The highest BCUT2D eigenvalue weighted by molar-refractivity contribution is 6.34. The van der Waals surface area contributed by atoms with Gasteiger partial charge in [0.05, 0.1) is 10.6 Å². The Morgan fingerprint density at radius 3 is 2.35 bits per heavy atom. The Hall–Kier alpha value is -2.50. The zero-order valence-electron chi connectivity index (χ0n) is 18.8. The largest absolute Gasteiger partial charge is 0.487 e. The molecule has 4 aliphatic rings. The molecule has 1 N–H and O–H groups in total. The van der Waals surface area contributed by atoms with Crippen molar-refractivity contribution >= 4 is 34.9 Å². The molecule has 4 fully saturated rings. The van der Waals surface area contributed by atoms with Crippen molar-refractivity contribution < 1.29 is 9.53 Å². The Bertz CT molecular complexity index is 1190. The fourth-order valence-corrected chi connectivity index (χ4v) is 7.02. The maximum Gasteiger partial charge on any atom is 0.256 e. The summed E-state index contributed by atoms with van der Waals surface area (Å²) in [6.45, 7) is 0.331. The number of carbonyl (C=O) groups excluding carboxylic acids is 1. The van der Waals surface area contributed by atoms with Crippen LogP contribution in [-0.2, 0) is 12.1 Å². The highest BCUT2D eigenvalue weighted by Crippen LogP contribution is 2.58. The van der Waals surface area contributed by atoms with E-state index in [1.807, 2.05) is 18.2 Å². The Morgan fingerprint density at radius 2 is 1.68 bits per heavy atom. The van der Waals surface area contributed by atoms with Crippen molar-refractivity contribution in [3.63, 3.8) is 0 Å². The van der Waals surface area contributed by atoms with Gasteiger partial charge < -0.3 is 10.1 Å². The topological polar surface area (TPSA) is 56.2 Å². The number of rotatable bonds is 6. The van der Waals surface area contributed by atoms with E-state index in [2.05, 4.69) is 16.2 Å². The molecule has 1 aromatic heterocycles. The normalized spacial score (nSPS) is 27.1. The first kappa shape index (κ1) is 22.0. The summed E-state index contributed by atoms with van der Waals surface area (Å²) < 4.78 is 7.93. The Morgan fingerprint density at radius 1 is 1.00 bits per heavy atom. The monoisotopic (exact) mass is 495 g/mol. The number of carbonyl (C=O) groups is 1. The summed E-state index contributed by atoms with van der Waals surface area (Å²) in [4.78, 5) is 12.8. The molecule has 0 unspecified atom stereocenters. The van der Waals surface area contributed by atoms with Gasteiger partial charge in [0.15, 0.2) is 5.82 Å². The third kappa shape index (κ3) is 4.20. The lowest BCUT2D eigenvalue weighted by Crippen LogP contribution is -2.52. The van der Waals surface area contributed by atoms with Gasteiger partial charge in [-0.05, 0) is 86.1 Å². The molecule has 4 aliphatic carbocycles. The van der Waals surface area contributed by atoms with E-state index in [0.717, 1.165) is 23.3 Å². The van der Waals surface area contributed by atoms with Gasteiger partial charge in [0.2, 0.25) is 0 Å². The second-order valence-electron chi connectivity index (χ2n) is 10.3. The molecule has 7 heteroatoms. The van der Waals surface area contributed by atoms with Crippen LogP contribution in [0.2, 0.25) is 10.0 Å². The van der Waals surface area contributed by atoms with E-state index in [4.69, 9.17) is 33.0 Å². The van der Waals surface area contributed by atoms with Crippen LogP contribution in [0.5, 0.6) is 5.75 Å². The predicted molar refractivity (Wildman–Crippen MR) is 134 cm³/mol. The van der Waals surface area contributed by atoms with Crippen LogP contribution in [0, 0.1) is 17.8 Å². The van der Waals surface area contributed by atoms with Crippen molar-refractivity contribution in [2.45, 2.75) is 50.7 Å². The van der Waals surface area contributed by atoms with Crippen molar-refractivity contribution in [1.82, 2.24) is 9.78 Å². The summed E-state index contributed by atoms with van der Waals surface area (Å²) in [5, 5.41) is 8.84. The molecule has 0 radical (unpaired) electrons. The molecule has 1 heterocycles. The number of hydrogen-bond donors (Lipinski definition) is 1. The van der Waals surface area contributed by atoms with Gasteiger partial charge in [0, 0.05) is 28.9 Å². The van der Waals surface area contributed by atoms with Crippen molar-refractivity contribution in [1.29, 1.82) is 0 Å². The van der Waals surface area contributed by atoms with Gasteiger partial charge in [-0.3, -0.25) is 9.48 Å². The van der Waals surface area contributed by atoms with Gasteiger partial charge in [-0.15, -0.1) is 0 Å². The summed E-state index contributed by atoms with van der Waals surface area (Å²) in [5.41, 5.74) is 1.67. The van der Waals surface area contributed by atoms with Gasteiger partial charge in [0.1, 0.15) is 12.4 Å². The number of benzene rings is 2. The first-order valence-electron chi connectivity index (χ1n) is 12.0. The number of anilines is 1. The SMILES string of the molecule is O=C(Nc1ccn(C23CC4CC(CC(C4)C2)C3)n1)c1ccc(COc2cc(Cl)ccc2Cl)cc1. The van der Waals surface area contributed by atoms with Gasteiger partial charge >= 0.3 is 0 Å². The van der Waals surface area contributed by atoms with Crippen molar-refractivity contribution in [3.8, 4) is 5.75 Å². The molecule has 4 bridgehead atoms. The number of ether oxygens (including phenoxy) is 1. The number of nitrogens with zero attached hydrogens (tertiary/aromatic N) is 2. The number of aromatic nitrogens is 2. The number of hydrogen-bond acceptors (Lipinski definition) is 3. The maximum absolute atomic E-state index is 12.8. The first-order chi connectivity index (χ1) is 16.5. The lowest BCUT2D eigenvalue weighted by molar-refractivity contribution is -0.0492. The summed E-state index contributed by atoms with van der Waals surface area (Å²) in [7, 11) is 0. The zero-order chi connectivity index (χ0) is 23.3. The molecule has 0 spiro atoms. The molecule has 0 aliphatic heterocycles. The highest BCUT2D eigenvalue weighted by Gasteiger charge is 2.52. The van der Waals surface area contributed by atoms with Crippen LogP contribution in [0.25, 0.3) is 0 Å². The smallest absolute Gasteiger partial charge is 0.256 e. The molecule has 5 nitrogen and oxygen atoms in total. The molecule has 0 atom stereocenters. The van der Waals surface area contributed by atoms with Gasteiger partial charge in [-0.25, -0.2) is 0 Å². The minimum atomic E-state index is -0.166.